The molecule has 0 aliphatic heterocycles. The number of aromatic nitrogens is 1. The van der Waals surface area contributed by atoms with E-state index in [0.29, 0.717) is 11.8 Å². The predicted octanol–water partition coefficient (Wildman–Crippen LogP) is 4.32. The first-order valence-electron chi connectivity index (χ1n) is 9.02. The van der Waals surface area contributed by atoms with Gasteiger partial charge in [-0.15, -0.1) is 11.3 Å². The number of nitrogens with zero attached hydrogens (tertiary/aromatic N) is 1. The summed E-state index contributed by atoms with van der Waals surface area (Å²) in [6.45, 7) is 0. The number of anilines is 1. The molecule has 1 heterocycles. The number of carbonyl (C=O) groups is 2. The molecule has 5 nitrogen and oxygen atoms in total. The monoisotopic (exact) mass is 409 g/mol. The predicted molar refractivity (Wildman–Crippen MR) is 116 cm³/mol. The van der Waals surface area contributed by atoms with E-state index in [0.717, 1.165) is 38.6 Å². The van der Waals surface area contributed by atoms with Crippen LogP contribution in [0.1, 0.15) is 18.4 Å². The Morgan fingerprint density at radius 1 is 1.18 bits per heavy atom. The molecule has 0 unspecified atom stereocenters. The lowest BCUT2D eigenvalue weighted by atomic mass is 10.2. The number of thiazole rings is 1. The van der Waals surface area contributed by atoms with Crippen LogP contribution < -0.4 is 10.6 Å². The van der Waals surface area contributed by atoms with Crippen LogP contribution in [0.2, 0.25) is 0 Å². The Balaban J connectivity index is 1.36. The Morgan fingerprint density at radius 3 is 2.79 bits per heavy atom. The van der Waals surface area contributed by atoms with Gasteiger partial charge in [-0.1, -0.05) is 42.1 Å². The average molecular weight is 410 g/mol. The van der Waals surface area contributed by atoms with Gasteiger partial charge in [0, 0.05) is 17.8 Å². The normalized spacial score (nSPS) is 13.7. The standard InChI is InChI=1S/C21H19N3O2S2/c25-19(11-6-14-4-2-1-3-5-14)23-16-9-10-17-18(12-16)28-21(24-17)27-13-20(26)22-15-7-8-15/h1-6,9-12,15H,7-8,13H2,(H,22,26)(H,23,25). The second-order valence-electron chi connectivity index (χ2n) is 6.53. The van der Waals surface area contributed by atoms with Gasteiger partial charge in [-0.25, -0.2) is 4.98 Å². The Morgan fingerprint density at radius 2 is 2.00 bits per heavy atom. The van der Waals surface area contributed by atoms with E-state index in [2.05, 4.69) is 15.6 Å². The van der Waals surface area contributed by atoms with E-state index in [1.54, 1.807) is 6.08 Å². The van der Waals surface area contributed by atoms with E-state index in [1.165, 1.54) is 29.2 Å². The zero-order valence-electron chi connectivity index (χ0n) is 15.1. The van der Waals surface area contributed by atoms with Crippen molar-refractivity contribution < 1.29 is 9.59 Å². The minimum atomic E-state index is -0.181. The largest absolute Gasteiger partial charge is 0.353 e. The first-order valence-corrected chi connectivity index (χ1v) is 10.8. The number of thioether (sulfide) groups is 1. The van der Waals surface area contributed by atoms with E-state index < -0.39 is 0 Å². The summed E-state index contributed by atoms with van der Waals surface area (Å²) in [6.07, 6.45) is 5.48. The maximum atomic E-state index is 12.1. The van der Waals surface area contributed by atoms with Crippen molar-refractivity contribution in [3.05, 3.63) is 60.2 Å². The Labute approximate surface area is 171 Å². The van der Waals surface area contributed by atoms with E-state index in [9.17, 15) is 9.59 Å². The Bertz CT molecular complexity index is 1030. The molecular formula is C21H19N3O2S2. The third-order valence-corrected chi connectivity index (χ3v) is 6.29. The third-order valence-electron chi connectivity index (χ3n) is 4.13. The molecule has 0 saturated heterocycles. The van der Waals surface area contributed by atoms with Crippen molar-refractivity contribution in [3.8, 4) is 0 Å². The summed E-state index contributed by atoms with van der Waals surface area (Å²) in [4.78, 5) is 28.5. The molecule has 2 amide bonds. The second kappa shape index (κ2) is 8.58. The Kier molecular flexibility index (Phi) is 5.73. The number of hydrogen-bond donors (Lipinski definition) is 2. The molecule has 1 aliphatic rings. The maximum absolute atomic E-state index is 12.1. The van der Waals surface area contributed by atoms with Gasteiger partial charge in [-0.05, 0) is 42.7 Å². The summed E-state index contributed by atoms with van der Waals surface area (Å²) in [5, 5.41) is 5.85. The van der Waals surface area contributed by atoms with Crippen LogP contribution in [-0.4, -0.2) is 28.6 Å². The summed E-state index contributed by atoms with van der Waals surface area (Å²) in [5.74, 6) is 0.258. The fraction of sp³-hybridized carbons (Fsp3) is 0.190. The molecular weight excluding hydrogens is 390 g/mol. The van der Waals surface area contributed by atoms with E-state index in [1.807, 2.05) is 48.5 Å². The smallest absolute Gasteiger partial charge is 0.248 e. The molecule has 2 aromatic carbocycles. The van der Waals surface area contributed by atoms with Crippen LogP contribution in [0.4, 0.5) is 5.69 Å². The molecule has 28 heavy (non-hydrogen) atoms. The molecule has 1 saturated carbocycles. The minimum absolute atomic E-state index is 0.0601. The van der Waals surface area contributed by atoms with Crippen molar-refractivity contribution in [2.75, 3.05) is 11.1 Å². The van der Waals surface area contributed by atoms with Crippen LogP contribution in [-0.2, 0) is 9.59 Å². The van der Waals surface area contributed by atoms with Crippen LogP contribution in [0.25, 0.3) is 16.3 Å². The van der Waals surface area contributed by atoms with Crippen molar-refractivity contribution in [1.29, 1.82) is 0 Å². The molecule has 3 aromatic rings. The molecule has 1 fully saturated rings. The highest BCUT2D eigenvalue weighted by molar-refractivity contribution is 8.01. The molecule has 0 bridgehead atoms. The quantitative estimate of drug-likeness (QED) is 0.450. The highest BCUT2D eigenvalue weighted by atomic mass is 32.2. The second-order valence-corrected chi connectivity index (χ2v) is 8.78. The van der Waals surface area contributed by atoms with Crippen molar-refractivity contribution >= 4 is 56.9 Å². The molecule has 0 radical (unpaired) electrons. The lowest BCUT2D eigenvalue weighted by Gasteiger charge is -2.01. The van der Waals surface area contributed by atoms with Crippen molar-refractivity contribution in [2.45, 2.75) is 23.2 Å². The first kappa shape index (κ1) is 18.7. The molecule has 7 heteroatoms. The maximum Gasteiger partial charge on any atom is 0.248 e. The zero-order chi connectivity index (χ0) is 19.3. The highest BCUT2D eigenvalue weighted by Gasteiger charge is 2.23. The summed E-state index contributed by atoms with van der Waals surface area (Å²) >= 11 is 2.97. The topological polar surface area (TPSA) is 71.1 Å². The van der Waals surface area contributed by atoms with Gasteiger partial charge in [-0.3, -0.25) is 9.59 Å². The molecule has 0 spiro atoms. The number of rotatable bonds is 7. The lowest BCUT2D eigenvalue weighted by molar-refractivity contribution is -0.118. The lowest BCUT2D eigenvalue weighted by Crippen LogP contribution is -2.26. The molecule has 0 atom stereocenters. The van der Waals surface area contributed by atoms with Crippen LogP contribution >= 0.6 is 23.1 Å². The molecule has 142 valence electrons. The fourth-order valence-electron chi connectivity index (χ4n) is 2.59. The molecule has 1 aromatic heterocycles. The number of nitrogens with one attached hydrogen (secondary N) is 2. The highest BCUT2D eigenvalue weighted by Crippen LogP contribution is 2.31. The Hall–Kier alpha value is -2.64. The van der Waals surface area contributed by atoms with Crippen LogP contribution in [0, 0.1) is 0 Å². The summed E-state index contributed by atoms with van der Waals surface area (Å²) in [5.41, 5.74) is 2.57. The number of carbonyl (C=O) groups excluding carboxylic acids is 2. The molecule has 1 aliphatic carbocycles. The first-order chi connectivity index (χ1) is 13.7. The SMILES string of the molecule is O=C(C=Cc1ccccc1)Nc1ccc2nc(SCC(=O)NC3CC3)sc2c1. The van der Waals surface area contributed by atoms with Gasteiger partial charge in [0.15, 0.2) is 4.34 Å². The zero-order valence-corrected chi connectivity index (χ0v) is 16.7. The van der Waals surface area contributed by atoms with E-state index >= 15 is 0 Å². The summed E-state index contributed by atoms with van der Waals surface area (Å²) < 4.78 is 1.84. The third kappa shape index (κ3) is 5.21. The van der Waals surface area contributed by atoms with Crippen molar-refractivity contribution in [1.82, 2.24) is 10.3 Å². The van der Waals surface area contributed by atoms with Gasteiger partial charge in [0.1, 0.15) is 0 Å². The van der Waals surface area contributed by atoms with Crippen molar-refractivity contribution in [3.63, 3.8) is 0 Å². The van der Waals surface area contributed by atoms with Crippen LogP contribution in [0.3, 0.4) is 0 Å². The van der Waals surface area contributed by atoms with Crippen LogP contribution in [0.15, 0.2) is 58.9 Å². The van der Waals surface area contributed by atoms with Crippen LogP contribution in [0.5, 0.6) is 0 Å². The average Bonchev–Trinajstić information content (AvgIpc) is 3.41. The van der Waals surface area contributed by atoms with Gasteiger partial charge in [-0.2, -0.15) is 0 Å². The number of hydrogen-bond acceptors (Lipinski definition) is 5. The van der Waals surface area contributed by atoms with Gasteiger partial charge in [0.2, 0.25) is 11.8 Å². The molecule has 2 N–H and O–H groups in total. The number of benzene rings is 2. The molecule has 4 rings (SSSR count). The minimum Gasteiger partial charge on any atom is -0.353 e. The number of fused-ring (bicyclic) bond motifs is 1. The van der Waals surface area contributed by atoms with Gasteiger partial charge >= 0.3 is 0 Å². The van der Waals surface area contributed by atoms with E-state index in [4.69, 9.17) is 0 Å². The van der Waals surface area contributed by atoms with Crippen molar-refractivity contribution in [2.24, 2.45) is 0 Å². The fourth-order valence-corrected chi connectivity index (χ4v) is 4.51. The van der Waals surface area contributed by atoms with Gasteiger partial charge in [0.25, 0.3) is 0 Å². The summed E-state index contributed by atoms with van der Waals surface area (Å²) in [7, 11) is 0. The van der Waals surface area contributed by atoms with Gasteiger partial charge < -0.3 is 10.6 Å². The van der Waals surface area contributed by atoms with Gasteiger partial charge in [0.05, 0.1) is 16.0 Å². The number of amides is 2. The van der Waals surface area contributed by atoms with E-state index in [-0.39, 0.29) is 11.8 Å². The summed E-state index contributed by atoms with van der Waals surface area (Å²) in [6, 6.07) is 15.7.